The summed E-state index contributed by atoms with van der Waals surface area (Å²) in [5.74, 6) is 0.722. The highest BCUT2D eigenvalue weighted by atomic mass is 35.5. The van der Waals surface area contributed by atoms with Gasteiger partial charge in [-0.1, -0.05) is 17.7 Å². The van der Waals surface area contributed by atoms with Crippen molar-refractivity contribution in [1.82, 2.24) is 5.32 Å². The van der Waals surface area contributed by atoms with Crippen LogP contribution in [0.2, 0.25) is 5.02 Å². The molecule has 2 rings (SSSR count). The second-order valence-corrected chi connectivity index (χ2v) is 5.61. The lowest BCUT2D eigenvalue weighted by atomic mass is 9.99. The standard InChI is InChI=1S/C15H23ClN2O/c1-17-10-13-14(16)4-3-5-15(13)18(2)11-12-6-8-19-9-7-12/h3-5,12,17H,6-11H2,1-2H3. The van der Waals surface area contributed by atoms with E-state index in [0.29, 0.717) is 0 Å². The van der Waals surface area contributed by atoms with Gasteiger partial charge < -0.3 is 15.0 Å². The van der Waals surface area contributed by atoms with Crippen LogP contribution in [0.5, 0.6) is 0 Å². The van der Waals surface area contributed by atoms with Crippen molar-refractivity contribution in [3.05, 3.63) is 28.8 Å². The molecule has 4 heteroatoms. The molecule has 1 saturated heterocycles. The summed E-state index contributed by atoms with van der Waals surface area (Å²) >= 11 is 6.31. The van der Waals surface area contributed by atoms with Crippen LogP contribution >= 0.6 is 11.6 Å². The van der Waals surface area contributed by atoms with Gasteiger partial charge in [-0.15, -0.1) is 0 Å². The molecule has 1 aliphatic rings. The number of benzene rings is 1. The zero-order chi connectivity index (χ0) is 13.7. The zero-order valence-electron chi connectivity index (χ0n) is 11.8. The lowest BCUT2D eigenvalue weighted by Crippen LogP contribution is -2.30. The Hall–Kier alpha value is -0.770. The largest absolute Gasteiger partial charge is 0.381 e. The van der Waals surface area contributed by atoms with Gasteiger partial charge in [-0.25, -0.2) is 0 Å². The number of nitrogens with one attached hydrogen (secondary N) is 1. The molecule has 1 N–H and O–H groups in total. The number of rotatable bonds is 5. The van der Waals surface area contributed by atoms with E-state index in [2.05, 4.69) is 23.3 Å². The maximum absolute atomic E-state index is 6.31. The van der Waals surface area contributed by atoms with E-state index in [-0.39, 0.29) is 0 Å². The first-order valence-corrected chi connectivity index (χ1v) is 7.31. The van der Waals surface area contributed by atoms with Gasteiger partial charge in [0.2, 0.25) is 0 Å². The van der Waals surface area contributed by atoms with Crippen molar-refractivity contribution in [3.8, 4) is 0 Å². The molecule has 0 spiro atoms. The summed E-state index contributed by atoms with van der Waals surface area (Å²) < 4.78 is 5.42. The van der Waals surface area contributed by atoms with E-state index in [4.69, 9.17) is 16.3 Å². The molecular formula is C15H23ClN2O. The summed E-state index contributed by atoms with van der Waals surface area (Å²) in [4.78, 5) is 2.33. The summed E-state index contributed by atoms with van der Waals surface area (Å²) in [6.45, 7) is 3.67. The average Bonchev–Trinajstić information content (AvgIpc) is 2.42. The van der Waals surface area contributed by atoms with Crippen LogP contribution < -0.4 is 10.2 Å². The summed E-state index contributed by atoms with van der Waals surface area (Å²) in [7, 11) is 4.10. The molecule has 0 aliphatic carbocycles. The molecule has 0 radical (unpaired) electrons. The first-order valence-electron chi connectivity index (χ1n) is 6.93. The number of nitrogens with zero attached hydrogens (tertiary/aromatic N) is 1. The maximum Gasteiger partial charge on any atom is 0.0471 e. The van der Waals surface area contributed by atoms with E-state index in [0.717, 1.165) is 50.1 Å². The predicted octanol–water partition coefficient (Wildman–Crippen LogP) is 2.92. The number of halogens is 1. The molecule has 0 atom stereocenters. The molecule has 1 heterocycles. The van der Waals surface area contributed by atoms with Crippen molar-refractivity contribution in [3.63, 3.8) is 0 Å². The van der Waals surface area contributed by atoms with Crippen molar-refractivity contribution in [1.29, 1.82) is 0 Å². The number of hydrogen-bond acceptors (Lipinski definition) is 3. The van der Waals surface area contributed by atoms with E-state index in [9.17, 15) is 0 Å². The minimum atomic E-state index is 0.722. The highest BCUT2D eigenvalue weighted by Crippen LogP contribution is 2.28. The van der Waals surface area contributed by atoms with Crippen molar-refractivity contribution in [2.45, 2.75) is 19.4 Å². The minimum Gasteiger partial charge on any atom is -0.381 e. The Kier molecular flexibility index (Phi) is 5.49. The Balaban J connectivity index is 2.08. The third-order valence-electron chi connectivity index (χ3n) is 3.73. The van der Waals surface area contributed by atoms with Crippen LogP contribution in [0.1, 0.15) is 18.4 Å². The fraction of sp³-hybridized carbons (Fsp3) is 0.600. The summed E-state index contributed by atoms with van der Waals surface area (Å²) in [6.07, 6.45) is 2.32. The smallest absolute Gasteiger partial charge is 0.0471 e. The monoisotopic (exact) mass is 282 g/mol. The second kappa shape index (κ2) is 7.13. The molecule has 1 aromatic rings. The molecule has 3 nitrogen and oxygen atoms in total. The Labute approximate surface area is 120 Å². The van der Waals surface area contributed by atoms with Gasteiger partial charge in [0, 0.05) is 49.6 Å². The average molecular weight is 283 g/mol. The van der Waals surface area contributed by atoms with E-state index in [1.165, 1.54) is 11.3 Å². The van der Waals surface area contributed by atoms with E-state index in [1.54, 1.807) is 0 Å². The molecule has 0 amide bonds. The van der Waals surface area contributed by atoms with Gasteiger partial charge in [-0.05, 0) is 37.9 Å². The fourth-order valence-electron chi connectivity index (χ4n) is 2.67. The van der Waals surface area contributed by atoms with Gasteiger partial charge in [-0.3, -0.25) is 0 Å². The van der Waals surface area contributed by atoms with E-state index < -0.39 is 0 Å². The minimum absolute atomic E-state index is 0.722. The van der Waals surface area contributed by atoms with Crippen molar-refractivity contribution in [2.24, 2.45) is 5.92 Å². The third kappa shape index (κ3) is 3.85. The van der Waals surface area contributed by atoms with Crippen LogP contribution in [0.25, 0.3) is 0 Å². The zero-order valence-corrected chi connectivity index (χ0v) is 12.5. The van der Waals surface area contributed by atoms with Crippen molar-refractivity contribution in [2.75, 3.05) is 38.8 Å². The molecule has 1 fully saturated rings. The van der Waals surface area contributed by atoms with Gasteiger partial charge in [0.15, 0.2) is 0 Å². The van der Waals surface area contributed by atoms with Gasteiger partial charge in [-0.2, -0.15) is 0 Å². The maximum atomic E-state index is 6.31. The molecule has 19 heavy (non-hydrogen) atoms. The quantitative estimate of drug-likeness (QED) is 0.899. The summed E-state index contributed by atoms with van der Waals surface area (Å²) in [6, 6.07) is 6.13. The van der Waals surface area contributed by atoms with Gasteiger partial charge >= 0.3 is 0 Å². The van der Waals surface area contributed by atoms with E-state index >= 15 is 0 Å². The molecule has 0 unspecified atom stereocenters. The molecule has 1 aromatic carbocycles. The Morgan fingerprint density at radius 3 is 2.79 bits per heavy atom. The number of hydrogen-bond donors (Lipinski definition) is 1. The SMILES string of the molecule is CNCc1c(Cl)cccc1N(C)CC1CCOCC1. The highest BCUT2D eigenvalue weighted by molar-refractivity contribution is 6.31. The highest BCUT2D eigenvalue weighted by Gasteiger charge is 2.18. The summed E-state index contributed by atoms with van der Waals surface area (Å²) in [5, 5.41) is 4.03. The van der Waals surface area contributed by atoms with Crippen molar-refractivity contribution < 1.29 is 4.74 Å². The molecule has 1 aliphatic heterocycles. The normalized spacial score (nSPS) is 16.6. The van der Waals surface area contributed by atoms with Crippen LogP contribution in [0, 0.1) is 5.92 Å². The Morgan fingerprint density at radius 2 is 2.11 bits per heavy atom. The van der Waals surface area contributed by atoms with Crippen LogP contribution in [0.3, 0.4) is 0 Å². The molecule has 0 bridgehead atoms. The first-order chi connectivity index (χ1) is 9.22. The van der Waals surface area contributed by atoms with E-state index in [1.807, 2.05) is 19.2 Å². The summed E-state index contributed by atoms with van der Waals surface area (Å²) in [5.41, 5.74) is 2.41. The Morgan fingerprint density at radius 1 is 1.37 bits per heavy atom. The third-order valence-corrected chi connectivity index (χ3v) is 4.09. The van der Waals surface area contributed by atoms with Crippen LogP contribution in [-0.4, -0.2) is 33.9 Å². The van der Waals surface area contributed by atoms with Crippen LogP contribution in [0.4, 0.5) is 5.69 Å². The van der Waals surface area contributed by atoms with Gasteiger partial charge in [0.1, 0.15) is 0 Å². The number of ether oxygens (including phenoxy) is 1. The molecular weight excluding hydrogens is 260 g/mol. The van der Waals surface area contributed by atoms with Gasteiger partial charge in [0.05, 0.1) is 0 Å². The Bertz CT molecular complexity index is 405. The first kappa shape index (κ1) is 14.6. The fourth-order valence-corrected chi connectivity index (χ4v) is 2.91. The number of anilines is 1. The van der Waals surface area contributed by atoms with Crippen molar-refractivity contribution >= 4 is 17.3 Å². The molecule has 0 saturated carbocycles. The molecule has 106 valence electrons. The molecule has 0 aromatic heterocycles. The topological polar surface area (TPSA) is 24.5 Å². The predicted molar refractivity (Wildman–Crippen MR) is 81.0 cm³/mol. The second-order valence-electron chi connectivity index (χ2n) is 5.20. The van der Waals surface area contributed by atoms with Gasteiger partial charge in [0.25, 0.3) is 0 Å². The lowest BCUT2D eigenvalue weighted by molar-refractivity contribution is 0.0685. The van der Waals surface area contributed by atoms with Crippen LogP contribution in [-0.2, 0) is 11.3 Å². The lowest BCUT2D eigenvalue weighted by Gasteiger charge is -2.30. The van der Waals surface area contributed by atoms with Crippen LogP contribution in [0.15, 0.2) is 18.2 Å².